The lowest BCUT2D eigenvalue weighted by Crippen LogP contribution is -2.55. The smallest absolute Gasteiger partial charge is 0.325 e. The molecule has 2 aromatic heterocycles. The molecule has 0 aliphatic rings. The Bertz CT molecular complexity index is 1070. The summed E-state index contributed by atoms with van der Waals surface area (Å²) in [5, 5.41) is 15.2. The number of carboxylic acids is 1. The first-order valence-electron chi connectivity index (χ1n) is 9.88. The molecule has 3 rings (SSSR count). The van der Waals surface area contributed by atoms with Gasteiger partial charge in [-0.05, 0) is 25.5 Å². The van der Waals surface area contributed by atoms with Gasteiger partial charge in [-0.1, -0.05) is 18.2 Å². The van der Waals surface area contributed by atoms with E-state index in [1.165, 1.54) is 13.3 Å². The average molecular weight is 426 g/mol. The fraction of sp³-hybridized carbons (Fsp3) is 0.333. The summed E-state index contributed by atoms with van der Waals surface area (Å²) in [7, 11) is 0. The fourth-order valence-electron chi connectivity index (χ4n) is 3.39. The maximum absolute atomic E-state index is 12.9. The summed E-state index contributed by atoms with van der Waals surface area (Å²) in [4.78, 5) is 46.8. The molecule has 31 heavy (non-hydrogen) atoms. The molecule has 0 bridgehead atoms. The first-order valence-corrected chi connectivity index (χ1v) is 9.88. The molecule has 2 heterocycles. The highest BCUT2D eigenvalue weighted by atomic mass is 16.4. The third kappa shape index (κ3) is 5.28. The van der Waals surface area contributed by atoms with E-state index in [9.17, 15) is 14.4 Å². The van der Waals surface area contributed by atoms with E-state index in [2.05, 4.69) is 25.6 Å². The van der Waals surface area contributed by atoms with Gasteiger partial charge in [0.2, 0.25) is 11.8 Å². The van der Waals surface area contributed by atoms with Gasteiger partial charge in [0.05, 0.1) is 12.4 Å². The van der Waals surface area contributed by atoms with Crippen molar-refractivity contribution in [3.05, 3.63) is 53.7 Å². The van der Waals surface area contributed by atoms with Crippen LogP contribution in [0.3, 0.4) is 0 Å². The van der Waals surface area contributed by atoms with Gasteiger partial charge < -0.3 is 31.4 Å². The fourth-order valence-corrected chi connectivity index (χ4v) is 3.39. The number of H-pyrrole nitrogens is 2. The van der Waals surface area contributed by atoms with E-state index < -0.39 is 35.9 Å². The lowest BCUT2D eigenvalue weighted by atomic mass is 10.0. The van der Waals surface area contributed by atoms with Gasteiger partial charge in [-0.2, -0.15) is 0 Å². The Kier molecular flexibility index (Phi) is 6.71. The second-order valence-corrected chi connectivity index (χ2v) is 7.50. The molecular weight excluding hydrogens is 400 g/mol. The Morgan fingerprint density at radius 1 is 1.16 bits per heavy atom. The monoisotopic (exact) mass is 426 g/mol. The molecule has 0 saturated heterocycles. The van der Waals surface area contributed by atoms with Crippen molar-refractivity contribution in [2.75, 3.05) is 0 Å². The van der Waals surface area contributed by atoms with Gasteiger partial charge in [-0.15, -0.1) is 0 Å². The Balaban J connectivity index is 1.81. The molecule has 0 aliphatic heterocycles. The van der Waals surface area contributed by atoms with E-state index in [1.807, 2.05) is 31.2 Å². The van der Waals surface area contributed by atoms with Crippen LogP contribution < -0.4 is 16.4 Å². The van der Waals surface area contributed by atoms with Crippen LogP contribution in [0.1, 0.15) is 23.9 Å². The number of aromatic nitrogens is 3. The molecule has 7 N–H and O–H groups in total. The number of imidazole rings is 1. The van der Waals surface area contributed by atoms with Crippen LogP contribution in [0.4, 0.5) is 0 Å². The lowest BCUT2D eigenvalue weighted by molar-refractivity contribution is -0.141. The summed E-state index contributed by atoms with van der Waals surface area (Å²) in [6.45, 7) is 3.25. The molecule has 164 valence electrons. The van der Waals surface area contributed by atoms with Crippen molar-refractivity contribution in [3.8, 4) is 0 Å². The topological polar surface area (TPSA) is 166 Å². The number of aryl methyl sites for hydroxylation is 1. The molecule has 10 nitrogen and oxygen atoms in total. The quantitative estimate of drug-likeness (QED) is 0.289. The van der Waals surface area contributed by atoms with Gasteiger partial charge in [0, 0.05) is 41.3 Å². The number of para-hydroxylation sites is 1. The van der Waals surface area contributed by atoms with Crippen LogP contribution in [0.2, 0.25) is 0 Å². The third-order valence-electron chi connectivity index (χ3n) is 5.13. The van der Waals surface area contributed by atoms with Gasteiger partial charge in [0.15, 0.2) is 0 Å². The van der Waals surface area contributed by atoms with Crippen LogP contribution in [0.15, 0.2) is 36.8 Å². The number of aliphatic carboxylic acids is 1. The maximum atomic E-state index is 12.9. The van der Waals surface area contributed by atoms with Gasteiger partial charge >= 0.3 is 5.97 Å². The van der Waals surface area contributed by atoms with E-state index in [-0.39, 0.29) is 12.8 Å². The zero-order chi connectivity index (χ0) is 22.5. The minimum Gasteiger partial charge on any atom is -0.480 e. The molecule has 0 spiro atoms. The zero-order valence-corrected chi connectivity index (χ0v) is 17.3. The van der Waals surface area contributed by atoms with Crippen molar-refractivity contribution in [1.29, 1.82) is 0 Å². The van der Waals surface area contributed by atoms with Gasteiger partial charge in [-0.25, -0.2) is 4.98 Å². The summed E-state index contributed by atoms with van der Waals surface area (Å²) in [5.74, 6) is -2.28. The maximum Gasteiger partial charge on any atom is 0.325 e. The summed E-state index contributed by atoms with van der Waals surface area (Å²) >= 11 is 0. The summed E-state index contributed by atoms with van der Waals surface area (Å²) in [6.07, 6.45) is 3.46. The van der Waals surface area contributed by atoms with Crippen LogP contribution in [0.25, 0.3) is 10.9 Å². The lowest BCUT2D eigenvalue weighted by Gasteiger charge is -2.22. The first-order chi connectivity index (χ1) is 14.8. The van der Waals surface area contributed by atoms with E-state index in [4.69, 9.17) is 10.8 Å². The van der Waals surface area contributed by atoms with E-state index in [0.29, 0.717) is 5.69 Å². The van der Waals surface area contributed by atoms with E-state index in [0.717, 1.165) is 22.2 Å². The highest BCUT2D eigenvalue weighted by Gasteiger charge is 2.28. The summed E-state index contributed by atoms with van der Waals surface area (Å²) in [6, 6.07) is 4.63. The summed E-state index contributed by atoms with van der Waals surface area (Å²) < 4.78 is 0. The molecule has 1 aromatic carbocycles. The second kappa shape index (κ2) is 9.43. The van der Waals surface area contributed by atoms with Crippen molar-refractivity contribution >= 4 is 28.7 Å². The number of aromatic amines is 2. The minimum absolute atomic E-state index is 0.177. The Morgan fingerprint density at radius 3 is 2.58 bits per heavy atom. The standard InChI is InChI=1S/C21H26N6O4/c1-11-15(14-5-3-4-6-17(14)25-11)8-18(20(29)26-12(2)21(30)31)27-19(28)16(22)7-13-9-23-10-24-13/h3-6,9-10,12,16,18,25H,7-8,22H2,1-2H3,(H,23,24)(H,26,29)(H,27,28)(H,30,31)/t12-,16-,18+/m0/s1. The number of hydrogen-bond donors (Lipinski definition) is 6. The molecule has 0 fully saturated rings. The summed E-state index contributed by atoms with van der Waals surface area (Å²) in [5.41, 5.74) is 9.34. The number of benzene rings is 1. The number of carboxylic acid groups (broad SMARTS) is 1. The van der Waals surface area contributed by atoms with Crippen LogP contribution in [-0.4, -0.2) is 56.0 Å². The largest absolute Gasteiger partial charge is 0.480 e. The number of nitrogens with one attached hydrogen (secondary N) is 4. The Labute approximate surface area is 178 Å². The molecule has 0 aliphatic carbocycles. The number of fused-ring (bicyclic) bond motifs is 1. The number of hydrogen-bond acceptors (Lipinski definition) is 5. The number of rotatable bonds is 9. The highest BCUT2D eigenvalue weighted by Crippen LogP contribution is 2.23. The van der Waals surface area contributed by atoms with Gasteiger partial charge in [0.1, 0.15) is 12.1 Å². The zero-order valence-electron chi connectivity index (χ0n) is 17.3. The number of nitrogens with zero attached hydrogens (tertiary/aromatic N) is 1. The molecule has 3 atom stereocenters. The minimum atomic E-state index is -1.17. The molecule has 2 amide bonds. The van der Waals surface area contributed by atoms with E-state index >= 15 is 0 Å². The molecule has 3 aromatic rings. The van der Waals surface area contributed by atoms with Crippen LogP contribution in [-0.2, 0) is 27.2 Å². The highest BCUT2D eigenvalue weighted by molar-refractivity contribution is 5.93. The SMILES string of the molecule is Cc1[nH]c2ccccc2c1C[C@@H](NC(=O)[C@@H](N)Cc1cnc[nH]1)C(=O)N[C@@H](C)C(=O)O. The predicted molar refractivity (Wildman–Crippen MR) is 114 cm³/mol. The number of carbonyl (C=O) groups excluding carboxylic acids is 2. The average Bonchev–Trinajstić information content (AvgIpc) is 3.34. The molecule has 0 unspecified atom stereocenters. The van der Waals surface area contributed by atoms with Crippen molar-refractivity contribution in [2.24, 2.45) is 5.73 Å². The van der Waals surface area contributed by atoms with Gasteiger partial charge in [0.25, 0.3) is 0 Å². The molecule has 0 radical (unpaired) electrons. The van der Waals surface area contributed by atoms with Crippen molar-refractivity contribution < 1.29 is 19.5 Å². The van der Waals surface area contributed by atoms with Crippen LogP contribution in [0.5, 0.6) is 0 Å². The van der Waals surface area contributed by atoms with Gasteiger partial charge in [-0.3, -0.25) is 14.4 Å². The first kappa shape index (κ1) is 22.0. The van der Waals surface area contributed by atoms with Crippen molar-refractivity contribution in [3.63, 3.8) is 0 Å². The number of carbonyl (C=O) groups is 3. The third-order valence-corrected chi connectivity index (χ3v) is 5.13. The van der Waals surface area contributed by atoms with Crippen molar-refractivity contribution in [1.82, 2.24) is 25.6 Å². The molecule has 10 heteroatoms. The van der Waals surface area contributed by atoms with Crippen LogP contribution >= 0.6 is 0 Å². The molecular formula is C21H26N6O4. The Hall–Kier alpha value is -3.66. The normalized spacial score (nSPS) is 14.0. The van der Waals surface area contributed by atoms with E-state index in [1.54, 1.807) is 6.20 Å². The number of nitrogens with two attached hydrogens (primary N) is 1. The number of amides is 2. The Morgan fingerprint density at radius 2 is 1.90 bits per heavy atom. The molecule has 0 saturated carbocycles. The second-order valence-electron chi connectivity index (χ2n) is 7.50. The van der Waals surface area contributed by atoms with Crippen molar-refractivity contribution in [2.45, 2.75) is 44.8 Å². The van der Waals surface area contributed by atoms with Crippen LogP contribution in [0, 0.1) is 6.92 Å². The predicted octanol–water partition coefficient (Wildman–Crippen LogP) is 0.386.